The van der Waals surface area contributed by atoms with Gasteiger partial charge in [0.2, 0.25) is 5.75 Å². The summed E-state index contributed by atoms with van der Waals surface area (Å²) in [5.74, 6) is -0.428. The number of hydrogen-bond donors (Lipinski definition) is 0. The molecule has 2 heterocycles. The number of rotatable bonds is 5. The molecule has 3 nitrogen and oxygen atoms in total. The largest absolute Gasteiger partial charge is 0.481 e. The number of nitrogens with zero attached hydrogens (tertiary/aromatic N) is 2. The highest BCUT2D eigenvalue weighted by atomic mass is 19.1. The maximum absolute atomic E-state index is 13.7. The molecular formula is C23H21F2N2O+. The number of fused-ring (bicyclic) bond motifs is 1. The monoisotopic (exact) mass is 379 g/mol. The molecule has 2 aromatic carbocycles. The maximum Gasteiger partial charge on any atom is 0.329 e. The topological polar surface area (TPSA) is 18.3 Å². The summed E-state index contributed by atoms with van der Waals surface area (Å²) in [4.78, 5) is 0. The minimum Gasteiger partial charge on any atom is -0.481 e. The van der Waals surface area contributed by atoms with Gasteiger partial charge in [-0.25, -0.2) is 13.3 Å². The summed E-state index contributed by atoms with van der Waals surface area (Å²) < 4.78 is 37.5. The molecule has 0 spiro atoms. The van der Waals surface area contributed by atoms with Crippen LogP contribution < -0.4 is 9.14 Å². The first-order valence-electron chi connectivity index (χ1n) is 9.14. The Morgan fingerprint density at radius 2 is 1.61 bits per heavy atom. The van der Waals surface area contributed by atoms with E-state index in [2.05, 4.69) is 0 Å². The van der Waals surface area contributed by atoms with Gasteiger partial charge in [-0.1, -0.05) is 30.3 Å². The number of aryl methyl sites for hydroxylation is 1. The Balaban J connectivity index is 1.76. The van der Waals surface area contributed by atoms with Crippen molar-refractivity contribution in [3.63, 3.8) is 0 Å². The predicted octanol–water partition coefficient (Wildman–Crippen LogP) is 4.75. The molecule has 0 unspecified atom stereocenters. The van der Waals surface area contributed by atoms with Gasteiger partial charge in [-0.15, -0.1) is 0 Å². The van der Waals surface area contributed by atoms with Crippen molar-refractivity contribution in [1.82, 2.24) is 4.57 Å². The smallest absolute Gasteiger partial charge is 0.329 e. The van der Waals surface area contributed by atoms with Gasteiger partial charge in [0.15, 0.2) is 0 Å². The van der Waals surface area contributed by atoms with E-state index in [0.29, 0.717) is 18.7 Å². The number of imidazole rings is 1. The van der Waals surface area contributed by atoms with Crippen LogP contribution in [0.4, 0.5) is 8.78 Å². The van der Waals surface area contributed by atoms with Gasteiger partial charge in [-0.3, -0.25) is 0 Å². The molecule has 0 amide bonds. The van der Waals surface area contributed by atoms with Gasteiger partial charge in [-0.05, 0) is 35.4 Å². The fourth-order valence-electron chi connectivity index (χ4n) is 3.47. The number of pyridine rings is 1. The van der Waals surface area contributed by atoms with E-state index in [4.69, 9.17) is 4.74 Å². The number of ether oxygens (including phenoxy) is 1. The first kappa shape index (κ1) is 18.2. The first-order valence-corrected chi connectivity index (χ1v) is 9.14. The lowest BCUT2D eigenvalue weighted by atomic mass is 10.2. The van der Waals surface area contributed by atoms with Gasteiger partial charge in [0.1, 0.15) is 36.2 Å². The molecule has 0 saturated carbocycles. The second kappa shape index (κ2) is 7.43. The molecule has 0 aliphatic carbocycles. The molecular weight excluding hydrogens is 358 g/mol. The summed E-state index contributed by atoms with van der Waals surface area (Å²) >= 11 is 0. The second-order valence-electron chi connectivity index (χ2n) is 6.87. The molecule has 0 atom stereocenters. The molecule has 0 radical (unpaired) electrons. The normalized spacial score (nSPS) is 11.1. The molecule has 5 heteroatoms. The van der Waals surface area contributed by atoms with Crippen LogP contribution in [-0.2, 0) is 13.2 Å². The van der Waals surface area contributed by atoms with E-state index in [1.165, 1.54) is 12.1 Å². The van der Waals surface area contributed by atoms with E-state index in [0.717, 1.165) is 34.4 Å². The molecule has 0 saturated heterocycles. The van der Waals surface area contributed by atoms with Gasteiger partial charge in [0.05, 0.1) is 6.20 Å². The van der Waals surface area contributed by atoms with E-state index >= 15 is 0 Å². The molecule has 4 rings (SSSR count). The van der Waals surface area contributed by atoms with E-state index in [9.17, 15) is 8.78 Å². The lowest BCUT2D eigenvalue weighted by Crippen LogP contribution is -2.23. The number of aromatic nitrogens is 2. The van der Waals surface area contributed by atoms with Crippen LogP contribution in [0.2, 0.25) is 0 Å². The Morgan fingerprint density at radius 3 is 2.32 bits per heavy atom. The highest BCUT2D eigenvalue weighted by Crippen LogP contribution is 2.23. The summed E-state index contributed by atoms with van der Waals surface area (Å²) in [6, 6.07) is 17.4. The Morgan fingerprint density at radius 1 is 0.893 bits per heavy atom. The highest BCUT2D eigenvalue weighted by Gasteiger charge is 2.24. The molecule has 0 bridgehead atoms. The molecule has 0 N–H and O–H groups in total. The Hall–Kier alpha value is -3.21. The molecule has 28 heavy (non-hydrogen) atoms. The van der Waals surface area contributed by atoms with Crippen LogP contribution in [-0.4, -0.2) is 4.57 Å². The lowest BCUT2D eigenvalue weighted by Gasteiger charge is -2.07. The predicted molar refractivity (Wildman–Crippen MR) is 103 cm³/mol. The SMILES string of the molecule is Cc1c(C)[n+]2cccc(OCc3ccccc3)c2n1Cc1cc(F)cc(F)c1. The Kier molecular flexibility index (Phi) is 4.82. The third-order valence-corrected chi connectivity index (χ3v) is 4.98. The van der Waals surface area contributed by atoms with Gasteiger partial charge < -0.3 is 4.74 Å². The third kappa shape index (κ3) is 3.48. The molecule has 2 aromatic heterocycles. The van der Waals surface area contributed by atoms with Crippen LogP contribution >= 0.6 is 0 Å². The van der Waals surface area contributed by atoms with Crippen LogP contribution in [0.5, 0.6) is 5.75 Å². The molecule has 142 valence electrons. The Bertz CT molecular complexity index is 1120. The van der Waals surface area contributed by atoms with Crippen molar-refractivity contribution in [2.24, 2.45) is 0 Å². The summed E-state index contributed by atoms with van der Waals surface area (Å²) in [6.45, 7) is 4.81. The fourth-order valence-corrected chi connectivity index (χ4v) is 3.47. The minimum atomic E-state index is -0.575. The zero-order valence-corrected chi connectivity index (χ0v) is 15.8. The van der Waals surface area contributed by atoms with E-state index in [-0.39, 0.29) is 0 Å². The number of hydrogen-bond acceptors (Lipinski definition) is 1. The van der Waals surface area contributed by atoms with Gasteiger partial charge in [0.25, 0.3) is 0 Å². The number of benzene rings is 2. The molecule has 4 aromatic rings. The van der Waals surface area contributed by atoms with Crippen molar-refractivity contribution >= 4 is 5.65 Å². The van der Waals surface area contributed by atoms with Gasteiger partial charge >= 0.3 is 5.65 Å². The van der Waals surface area contributed by atoms with Crippen LogP contribution in [0.3, 0.4) is 0 Å². The Labute approximate surface area is 162 Å². The summed E-state index contributed by atoms with van der Waals surface area (Å²) in [5, 5.41) is 0. The average molecular weight is 379 g/mol. The van der Waals surface area contributed by atoms with E-state index in [1.54, 1.807) is 0 Å². The standard InChI is InChI=1S/C23H21F2N2O/c1-16-17(2)27(14-19-11-20(24)13-21(25)12-19)23-22(9-6-10-26(16)23)28-15-18-7-4-3-5-8-18/h3-13H,14-15H2,1-2H3/q+1. The van der Waals surface area contributed by atoms with Crippen molar-refractivity contribution in [3.05, 3.63) is 101 Å². The summed E-state index contributed by atoms with van der Waals surface area (Å²) in [6.07, 6.45) is 1.97. The zero-order chi connectivity index (χ0) is 19.7. The van der Waals surface area contributed by atoms with Crippen molar-refractivity contribution < 1.29 is 17.9 Å². The quantitative estimate of drug-likeness (QED) is 0.458. The lowest BCUT2D eigenvalue weighted by molar-refractivity contribution is -0.519. The third-order valence-electron chi connectivity index (χ3n) is 4.98. The number of halogens is 2. The van der Waals surface area contributed by atoms with Gasteiger partial charge in [-0.2, -0.15) is 4.40 Å². The summed E-state index contributed by atoms with van der Waals surface area (Å²) in [7, 11) is 0. The summed E-state index contributed by atoms with van der Waals surface area (Å²) in [5.41, 5.74) is 4.56. The fraction of sp³-hybridized carbons (Fsp3) is 0.174. The van der Waals surface area contributed by atoms with Crippen molar-refractivity contribution in [2.75, 3.05) is 0 Å². The van der Waals surface area contributed by atoms with Crippen LogP contribution in [0, 0.1) is 25.5 Å². The molecule has 0 aliphatic heterocycles. The van der Waals surface area contributed by atoms with Crippen molar-refractivity contribution in [1.29, 1.82) is 0 Å². The van der Waals surface area contributed by atoms with E-state index in [1.807, 2.05) is 71.5 Å². The van der Waals surface area contributed by atoms with Crippen molar-refractivity contribution in [3.8, 4) is 5.75 Å². The van der Waals surface area contributed by atoms with Gasteiger partial charge in [0, 0.05) is 19.9 Å². The van der Waals surface area contributed by atoms with Crippen molar-refractivity contribution in [2.45, 2.75) is 27.0 Å². The van der Waals surface area contributed by atoms with Crippen LogP contribution in [0.25, 0.3) is 5.65 Å². The molecule has 0 fully saturated rings. The first-order chi connectivity index (χ1) is 13.5. The average Bonchev–Trinajstić information content (AvgIpc) is 2.92. The van der Waals surface area contributed by atoms with E-state index < -0.39 is 11.6 Å². The minimum absolute atomic E-state index is 0.351. The highest BCUT2D eigenvalue weighted by molar-refractivity contribution is 5.50. The maximum atomic E-state index is 13.7. The van der Waals surface area contributed by atoms with Crippen LogP contribution in [0.15, 0.2) is 66.9 Å². The zero-order valence-electron chi connectivity index (χ0n) is 15.8. The second-order valence-corrected chi connectivity index (χ2v) is 6.87. The molecule has 0 aliphatic rings. The van der Waals surface area contributed by atoms with Crippen LogP contribution in [0.1, 0.15) is 22.5 Å².